The van der Waals surface area contributed by atoms with Crippen molar-refractivity contribution in [2.75, 3.05) is 18.6 Å². The fourth-order valence-corrected chi connectivity index (χ4v) is 3.28. The van der Waals surface area contributed by atoms with Crippen LogP contribution >= 0.6 is 11.6 Å². The van der Waals surface area contributed by atoms with E-state index in [0.717, 1.165) is 16.9 Å². The highest BCUT2D eigenvalue weighted by Gasteiger charge is 2.38. The van der Waals surface area contributed by atoms with Crippen LogP contribution in [0, 0.1) is 0 Å². The third kappa shape index (κ3) is 3.35. The topological polar surface area (TPSA) is 59.5 Å². The number of halogens is 1. The molecular weight excluding hydrogens is 352 g/mol. The first kappa shape index (κ1) is 18.1. The number of hydrogen-bond acceptors (Lipinski definition) is 5. The maximum absolute atomic E-state index is 12.4. The number of rotatable bonds is 4. The number of anilines is 1. The van der Waals surface area contributed by atoms with E-state index in [9.17, 15) is 9.59 Å². The van der Waals surface area contributed by atoms with Crippen LogP contribution in [0.3, 0.4) is 0 Å². The van der Waals surface area contributed by atoms with Gasteiger partial charge in [0.25, 0.3) is 0 Å². The second-order valence-corrected chi connectivity index (χ2v) is 7.03. The van der Waals surface area contributed by atoms with Gasteiger partial charge in [-0.3, -0.25) is 4.79 Å². The van der Waals surface area contributed by atoms with Crippen LogP contribution in [0.5, 0.6) is 0 Å². The normalized spacial score (nSPS) is 16.5. The van der Waals surface area contributed by atoms with Crippen molar-refractivity contribution in [3.8, 4) is 0 Å². The zero-order valence-electron chi connectivity index (χ0n) is 14.8. The summed E-state index contributed by atoms with van der Waals surface area (Å²) in [6, 6.07) is 11.0. The number of nitrogens with zero attached hydrogens (tertiary/aromatic N) is 2. The lowest BCUT2D eigenvalue weighted by Gasteiger charge is -2.23. The summed E-state index contributed by atoms with van der Waals surface area (Å²) in [7, 11) is 1.93. The molecule has 0 aliphatic carbocycles. The Morgan fingerprint density at radius 3 is 2.62 bits per heavy atom. The molecular formula is C20H19ClN2O3. The number of benzene rings is 1. The van der Waals surface area contributed by atoms with Gasteiger partial charge in [0.15, 0.2) is 12.4 Å². The molecule has 2 heterocycles. The summed E-state index contributed by atoms with van der Waals surface area (Å²) in [5, 5.41) is 0.286. The average molecular weight is 371 g/mol. The number of esters is 1. The summed E-state index contributed by atoms with van der Waals surface area (Å²) in [5.41, 5.74) is 3.05. The number of aromatic nitrogens is 1. The van der Waals surface area contributed by atoms with Gasteiger partial charge in [-0.25, -0.2) is 9.78 Å². The van der Waals surface area contributed by atoms with Crippen molar-refractivity contribution in [3.05, 3.63) is 70.6 Å². The zero-order chi connectivity index (χ0) is 18.9. The predicted octanol–water partition coefficient (Wildman–Crippen LogP) is 3.77. The van der Waals surface area contributed by atoms with Gasteiger partial charge >= 0.3 is 5.97 Å². The van der Waals surface area contributed by atoms with Crippen LogP contribution in [-0.4, -0.2) is 30.4 Å². The second kappa shape index (κ2) is 6.92. The van der Waals surface area contributed by atoms with Crippen LogP contribution in [-0.2, 0) is 14.9 Å². The fourth-order valence-electron chi connectivity index (χ4n) is 3.17. The van der Waals surface area contributed by atoms with E-state index >= 15 is 0 Å². The highest BCUT2D eigenvalue weighted by molar-refractivity contribution is 6.29. The number of ether oxygens (including phenoxy) is 1. The van der Waals surface area contributed by atoms with Crippen molar-refractivity contribution in [2.24, 2.45) is 0 Å². The lowest BCUT2D eigenvalue weighted by Crippen LogP contribution is -2.25. The molecule has 26 heavy (non-hydrogen) atoms. The van der Waals surface area contributed by atoms with Gasteiger partial charge in [0.2, 0.25) is 0 Å². The first-order valence-corrected chi connectivity index (χ1v) is 8.55. The molecule has 3 rings (SSSR count). The van der Waals surface area contributed by atoms with Crippen molar-refractivity contribution < 1.29 is 14.3 Å². The van der Waals surface area contributed by atoms with Gasteiger partial charge in [0, 0.05) is 36.1 Å². The van der Waals surface area contributed by atoms with E-state index < -0.39 is 5.97 Å². The molecule has 0 unspecified atom stereocenters. The van der Waals surface area contributed by atoms with Gasteiger partial charge in [-0.1, -0.05) is 43.6 Å². The Morgan fingerprint density at radius 1 is 1.23 bits per heavy atom. The number of hydrogen-bond donors (Lipinski definition) is 0. The number of fused-ring (bicyclic) bond motifs is 1. The molecule has 0 radical (unpaired) electrons. The van der Waals surface area contributed by atoms with Gasteiger partial charge in [-0.15, -0.1) is 0 Å². The van der Waals surface area contributed by atoms with Crippen molar-refractivity contribution in [1.29, 1.82) is 0 Å². The molecule has 0 saturated heterocycles. The summed E-state index contributed by atoms with van der Waals surface area (Å²) in [4.78, 5) is 30.2. The highest BCUT2D eigenvalue weighted by atomic mass is 35.5. The lowest BCUT2D eigenvalue weighted by molar-refractivity contribution is -0.117. The molecule has 1 aliphatic heterocycles. The molecule has 0 fully saturated rings. The van der Waals surface area contributed by atoms with E-state index in [1.807, 2.05) is 30.1 Å². The van der Waals surface area contributed by atoms with Gasteiger partial charge in [0.1, 0.15) is 5.15 Å². The number of allylic oxidation sites excluding steroid dienone is 1. The standard InChI is InChI=1S/C20H19ClN2O3/c1-20(2)15-6-4-5-7-16(15)23(3)17(20)10-14(24)12-26-19(25)13-8-9-18(21)22-11-13/h4-11H,12H2,1-3H3/b17-10+. The van der Waals surface area contributed by atoms with Gasteiger partial charge in [-0.05, 0) is 23.8 Å². The number of likely N-dealkylation sites (N-methyl/N-ethyl adjacent to an activating group) is 1. The second-order valence-electron chi connectivity index (χ2n) is 6.64. The molecule has 0 atom stereocenters. The summed E-state index contributed by atoms with van der Waals surface area (Å²) < 4.78 is 5.09. The quantitative estimate of drug-likeness (QED) is 0.465. The first-order valence-electron chi connectivity index (χ1n) is 8.17. The van der Waals surface area contributed by atoms with E-state index in [2.05, 4.69) is 24.9 Å². The van der Waals surface area contributed by atoms with Crippen LogP contribution in [0.1, 0.15) is 29.8 Å². The minimum atomic E-state index is -0.608. The Kier molecular flexibility index (Phi) is 4.83. The van der Waals surface area contributed by atoms with Crippen LogP contribution in [0.15, 0.2) is 54.4 Å². The molecule has 134 valence electrons. The van der Waals surface area contributed by atoms with Crippen molar-refractivity contribution in [1.82, 2.24) is 4.98 Å². The molecule has 0 bridgehead atoms. The summed E-state index contributed by atoms with van der Waals surface area (Å²) >= 11 is 5.69. The van der Waals surface area contributed by atoms with Gasteiger partial charge in [0.05, 0.1) is 5.56 Å². The third-order valence-corrected chi connectivity index (χ3v) is 4.77. The van der Waals surface area contributed by atoms with E-state index in [1.54, 1.807) is 6.08 Å². The molecule has 1 aliphatic rings. The summed E-state index contributed by atoms with van der Waals surface area (Å²) in [5.74, 6) is -0.883. The Morgan fingerprint density at radius 2 is 1.96 bits per heavy atom. The van der Waals surface area contributed by atoms with Crippen molar-refractivity contribution >= 4 is 29.0 Å². The summed E-state index contributed by atoms with van der Waals surface area (Å²) in [6.07, 6.45) is 2.87. The number of carbonyl (C=O) groups is 2. The van der Waals surface area contributed by atoms with E-state index in [4.69, 9.17) is 16.3 Å². The monoisotopic (exact) mass is 370 g/mol. The van der Waals surface area contributed by atoms with E-state index in [-0.39, 0.29) is 28.5 Å². The predicted molar refractivity (Wildman–Crippen MR) is 100 cm³/mol. The Bertz CT molecular complexity index is 888. The minimum absolute atomic E-state index is 0.251. The maximum Gasteiger partial charge on any atom is 0.340 e. The van der Waals surface area contributed by atoms with Crippen molar-refractivity contribution in [2.45, 2.75) is 19.3 Å². The molecule has 2 aromatic rings. The molecule has 5 nitrogen and oxygen atoms in total. The molecule has 6 heteroatoms. The molecule has 0 spiro atoms. The van der Waals surface area contributed by atoms with Crippen molar-refractivity contribution in [3.63, 3.8) is 0 Å². The summed E-state index contributed by atoms with van der Waals surface area (Å²) in [6.45, 7) is 3.81. The SMILES string of the molecule is CN1/C(=C/C(=O)COC(=O)c2ccc(Cl)nc2)C(C)(C)c2ccccc21. The molecule has 1 aromatic heterocycles. The Balaban J connectivity index is 1.71. The van der Waals surface area contributed by atoms with Crippen LogP contribution in [0.4, 0.5) is 5.69 Å². The molecule has 0 N–H and O–H groups in total. The lowest BCUT2D eigenvalue weighted by atomic mass is 9.83. The molecule has 1 aromatic carbocycles. The van der Waals surface area contributed by atoms with E-state index in [1.165, 1.54) is 18.3 Å². The number of carbonyl (C=O) groups excluding carboxylic acids is 2. The number of para-hydroxylation sites is 1. The average Bonchev–Trinajstić information content (AvgIpc) is 2.81. The van der Waals surface area contributed by atoms with Crippen LogP contribution < -0.4 is 4.90 Å². The Hall–Kier alpha value is -2.66. The van der Waals surface area contributed by atoms with Gasteiger partial charge < -0.3 is 9.64 Å². The third-order valence-electron chi connectivity index (χ3n) is 4.55. The minimum Gasteiger partial charge on any atom is -0.454 e. The smallest absolute Gasteiger partial charge is 0.340 e. The van der Waals surface area contributed by atoms with Crippen LogP contribution in [0.25, 0.3) is 0 Å². The zero-order valence-corrected chi connectivity index (χ0v) is 15.6. The van der Waals surface area contributed by atoms with E-state index in [0.29, 0.717) is 0 Å². The molecule has 0 amide bonds. The largest absolute Gasteiger partial charge is 0.454 e. The molecule has 0 saturated carbocycles. The number of pyridine rings is 1. The fraction of sp³-hybridized carbons (Fsp3) is 0.250. The first-order chi connectivity index (χ1) is 12.3. The number of ketones is 1. The highest BCUT2D eigenvalue weighted by Crippen LogP contribution is 2.46. The maximum atomic E-state index is 12.4. The Labute approximate surface area is 157 Å². The van der Waals surface area contributed by atoms with Gasteiger partial charge in [-0.2, -0.15) is 0 Å². The van der Waals surface area contributed by atoms with Crippen LogP contribution in [0.2, 0.25) is 5.15 Å².